The van der Waals surface area contributed by atoms with Crippen molar-refractivity contribution in [1.82, 2.24) is 15.3 Å². The van der Waals surface area contributed by atoms with Crippen molar-refractivity contribution in [2.24, 2.45) is 0 Å². The molecule has 0 aliphatic heterocycles. The highest BCUT2D eigenvalue weighted by atomic mass is 79.9. The van der Waals surface area contributed by atoms with Crippen molar-refractivity contribution in [2.45, 2.75) is 26.0 Å². The minimum absolute atomic E-state index is 0.137. The maximum Gasteiger partial charge on any atom is 0.408 e. The van der Waals surface area contributed by atoms with Gasteiger partial charge < -0.3 is 10.1 Å². The van der Waals surface area contributed by atoms with E-state index in [0.717, 1.165) is 21.2 Å². The van der Waals surface area contributed by atoms with Gasteiger partial charge in [0, 0.05) is 18.0 Å². The normalized spacial score (nSPS) is 11.5. The predicted octanol–water partition coefficient (Wildman–Crippen LogP) is 4.33. The van der Waals surface area contributed by atoms with E-state index in [1.165, 1.54) is 6.92 Å². The Balaban J connectivity index is 1.59. The summed E-state index contributed by atoms with van der Waals surface area (Å²) in [6.45, 7) is 1.60. The van der Waals surface area contributed by atoms with Gasteiger partial charge in [-0.25, -0.2) is 14.8 Å². The Morgan fingerprint density at radius 3 is 2.28 bits per heavy atom. The maximum atomic E-state index is 12.1. The number of amides is 1. The van der Waals surface area contributed by atoms with E-state index in [4.69, 9.17) is 4.74 Å². The first-order valence-electron chi connectivity index (χ1n) is 9.06. The van der Waals surface area contributed by atoms with Crippen LogP contribution >= 0.6 is 15.9 Å². The van der Waals surface area contributed by atoms with Gasteiger partial charge in [0.25, 0.3) is 0 Å². The SMILES string of the molecule is CC(=O)[C@H](Cc1ccc(-c2ncc(Br)cn2)cc1)NC(=O)OCc1ccccc1. The van der Waals surface area contributed by atoms with Crippen LogP contribution in [-0.4, -0.2) is 27.9 Å². The Hall–Kier alpha value is -3.06. The second-order valence-corrected chi connectivity index (χ2v) is 7.41. The summed E-state index contributed by atoms with van der Waals surface area (Å²) in [6, 6.07) is 16.3. The highest BCUT2D eigenvalue weighted by molar-refractivity contribution is 9.10. The van der Waals surface area contributed by atoms with Gasteiger partial charge in [-0.2, -0.15) is 0 Å². The van der Waals surface area contributed by atoms with E-state index in [2.05, 4.69) is 31.2 Å². The molecule has 0 radical (unpaired) electrons. The summed E-state index contributed by atoms with van der Waals surface area (Å²) in [5, 5.41) is 2.65. The number of rotatable bonds is 7. The molecule has 6 nitrogen and oxygen atoms in total. The maximum absolute atomic E-state index is 12.1. The minimum atomic E-state index is -0.659. The van der Waals surface area contributed by atoms with Crippen LogP contribution in [0.15, 0.2) is 71.5 Å². The number of ketones is 1. The second kappa shape index (κ2) is 9.93. The monoisotopic (exact) mass is 453 g/mol. The number of aromatic nitrogens is 2. The zero-order chi connectivity index (χ0) is 20.6. The molecule has 0 aliphatic rings. The van der Waals surface area contributed by atoms with Crippen molar-refractivity contribution in [2.75, 3.05) is 0 Å². The van der Waals surface area contributed by atoms with Crippen molar-refractivity contribution in [3.8, 4) is 11.4 Å². The average Bonchev–Trinajstić information content (AvgIpc) is 2.73. The molecule has 0 fully saturated rings. The Kier molecular flexibility index (Phi) is 7.08. The average molecular weight is 454 g/mol. The molecule has 0 spiro atoms. The molecular formula is C22H20BrN3O3. The van der Waals surface area contributed by atoms with Gasteiger partial charge in [0.15, 0.2) is 11.6 Å². The fraction of sp³-hybridized carbons (Fsp3) is 0.182. The van der Waals surface area contributed by atoms with Gasteiger partial charge in [-0.1, -0.05) is 54.6 Å². The lowest BCUT2D eigenvalue weighted by Crippen LogP contribution is -2.41. The Bertz CT molecular complexity index is 961. The lowest BCUT2D eigenvalue weighted by Gasteiger charge is -2.16. The molecule has 3 rings (SSSR count). The number of alkyl carbamates (subject to hydrolysis) is 1. The molecule has 7 heteroatoms. The highest BCUT2D eigenvalue weighted by Gasteiger charge is 2.18. The highest BCUT2D eigenvalue weighted by Crippen LogP contribution is 2.17. The molecule has 1 N–H and O–H groups in total. The number of carbonyl (C=O) groups is 2. The van der Waals surface area contributed by atoms with Gasteiger partial charge in [-0.3, -0.25) is 4.79 Å². The molecule has 0 saturated heterocycles. The second-order valence-electron chi connectivity index (χ2n) is 6.50. The minimum Gasteiger partial charge on any atom is -0.445 e. The molecule has 1 amide bonds. The summed E-state index contributed by atoms with van der Waals surface area (Å²) < 4.78 is 6.02. The quantitative estimate of drug-likeness (QED) is 0.575. The van der Waals surface area contributed by atoms with Gasteiger partial charge in [-0.05, 0) is 40.4 Å². The summed E-state index contributed by atoms with van der Waals surface area (Å²) >= 11 is 3.31. The standard InChI is InChI=1S/C22H20BrN3O3/c1-15(27)20(26-22(28)29-14-17-5-3-2-4-6-17)11-16-7-9-18(10-8-16)21-24-12-19(23)13-25-21/h2-10,12-13,20H,11,14H2,1H3,(H,26,28)/t20-/m0/s1. The number of Topliss-reactive ketones (excluding diaryl/α,β-unsaturated/α-hetero) is 1. The van der Waals surface area contributed by atoms with Gasteiger partial charge in [-0.15, -0.1) is 0 Å². The third-order valence-electron chi connectivity index (χ3n) is 4.27. The van der Waals surface area contributed by atoms with Gasteiger partial charge in [0.05, 0.1) is 10.5 Å². The van der Waals surface area contributed by atoms with Crippen molar-refractivity contribution < 1.29 is 14.3 Å². The van der Waals surface area contributed by atoms with Crippen LogP contribution in [0.5, 0.6) is 0 Å². The van der Waals surface area contributed by atoms with E-state index < -0.39 is 12.1 Å². The van der Waals surface area contributed by atoms with E-state index in [1.54, 1.807) is 12.4 Å². The smallest absolute Gasteiger partial charge is 0.408 e. The summed E-state index contributed by atoms with van der Waals surface area (Å²) in [4.78, 5) is 32.6. The van der Waals surface area contributed by atoms with Crippen LogP contribution in [0.4, 0.5) is 4.79 Å². The number of halogens is 1. The van der Waals surface area contributed by atoms with E-state index in [0.29, 0.717) is 12.2 Å². The van der Waals surface area contributed by atoms with Crippen LogP contribution in [0.25, 0.3) is 11.4 Å². The van der Waals surface area contributed by atoms with Crippen LogP contribution < -0.4 is 5.32 Å². The topological polar surface area (TPSA) is 81.2 Å². The molecule has 0 saturated carbocycles. The fourth-order valence-corrected chi connectivity index (χ4v) is 2.90. The van der Waals surface area contributed by atoms with E-state index in [-0.39, 0.29) is 12.4 Å². The number of hydrogen-bond donors (Lipinski definition) is 1. The number of carbonyl (C=O) groups excluding carboxylic acids is 2. The number of nitrogens with one attached hydrogen (secondary N) is 1. The first-order chi connectivity index (χ1) is 14.0. The number of ether oxygens (including phenoxy) is 1. The van der Waals surface area contributed by atoms with E-state index >= 15 is 0 Å². The van der Waals surface area contributed by atoms with Crippen LogP contribution in [0.3, 0.4) is 0 Å². The Morgan fingerprint density at radius 1 is 1.00 bits per heavy atom. The summed E-state index contributed by atoms with van der Waals surface area (Å²) in [5.74, 6) is 0.479. The first-order valence-corrected chi connectivity index (χ1v) is 9.85. The van der Waals surface area contributed by atoms with Crippen LogP contribution in [0.2, 0.25) is 0 Å². The molecule has 29 heavy (non-hydrogen) atoms. The summed E-state index contributed by atoms with van der Waals surface area (Å²) in [7, 11) is 0. The van der Waals surface area contributed by atoms with Crippen molar-refractivity contribution in [3.63, 3.8) is 0 Å². The van der Waals surface area contributed by atoms with Crippen molar-refractivity contribution >= 4 is 27.8 Å². The number of hydrogen-bond acceptors (Lipinski definition) is 5. The molecule has 0 unspecified atom stereocenters. The summed E-state index contributed by atoms with van der Waals surface area (Å²) in [6.07, 6.45) is 3.13. The van der Waals surface area contributed by atoms with Crippen LogP contribution in [-0.2, 0) is 22.6 Å². The molecule has 1 atom stereocenters. The van der Waals surface area contributed by atoms with Crippen molar-refractivity contribution in [3.05, 3.63) is 82.6 Å². The van der Waals surface area contributed by atoms with E-state index in [9.17, 15) is 9.59 Å². The fourth-order valence-electron chi connectivity index (χ4n) is 2.69. The lowest BCUT2D eigenvalue weighted by atomic mass is 10.0. The van der Waals surface area contributed by atoms with Crippen LogP contribution in [0, 0.1) is 0 Å². The molecule has 3 aromatic rings. The van der Waals surface area contributed by atoms with Gasteiger partial charge in [0.1, 0.15) is 6.61 Å². The zero-order valence-electron chi connectivity index (χ0n) is 15.8. The Labute approximate surface area is 177 Å². The molecule has 1 aromatic heterocycles. The predicted molar refractivity (Wildman–Crippen MR) is 113 cm³/mol. The van der Waals surface area contributed by atoms with Crippen molar-refractivity contribution in [1.29, 1.82) is 0 Å². The van der Waals surface area contributed by atoms with Gasteiger partial charge in [0.2, 0.25) is 0 Å². The number of nitrogens with zero attached hydrogens (tertiary/aromatic N) is 2. The first kappa shape index (κ1) is 20.7. The molecule has 2 aromatic carbocycles. The summed E-state index contributed by atoms with van der Waals surface area (Å²) in [5.41, 5.74) is 2.66. The molecule has 0 bridgehead atoms. The third kappa shape index (κ3) is 6.22. The molecule has 1 heterocycles. The number of benzene rings is 2. The Morgan fingerprint density at radius 2 is 1.66 bits per heavy atom. The van der Waals surface area contributed by atoms with E-state index in [1.807, 2.05) is 54.6 Å². The molecule has 148 valence electrons. The molecular weight excluding hydrogens is 434 g/mol. The third-order valence-corrected chi connectivity index (χ3v) is 4.68. The largest absolute Gasteiger partial charge is 0.445 e. The van der Waals surface area contributed by atoms with Gasteiger partial charge >= 0.3 is 6.09 Å². The molecule has 0 aliphatic carbocycles. The van der Waals surface area contributed by atoms with Crippen LogP contribution in [0.1, 0.15) is 18.1 Å². The zero-order valence-corrected chi connectivity index (χ0v) is 17.4. The lowest BCUT2D eigenvalue weighted by molar-refractivity contribution is -0.118.